The summed E-state index contributed by atoms with van der Waals surface area (Å²) in [6.07, 6.45) is 2.00. The molecule has 0 spiro atoms. The molecule has 0 bridgehead atoms. The Balaban J connectivity index is 2.59. The van der Waals surface area contributed by atoms with Gasteiger partial charge in [-0.1, -0.05) is 0 Å². The number of nitrogens with zero attached hydrogens (tertiary/aromatic N) is 1. The highest BCUT2D eigenvalue weighted by atomic mass is 16.5. The fraction of sp³-hybridized carbons (Fsp3) is 0.500. The fourth-order valence-corrected chi connectivity index (χ4v) is 2.93. The number of aromatic nitrogens is 1. The molecule has 2 aromatic rings. The van der Waals surface area contributed by atoms with Gasteiger partial charge in [0.05, 0.1) is 30.8 Å². The minimum atomic E-state index is 0.308. The topological polar surface area (TPSA) is 69.4 Å². The Hall–Kier alpha value is -2.01. The van der Waals surface area contributed by atoms with Gasteiger partial charge in [-0.15, -0.1) is 0 Å². The van der Waals surface area contributed by atoms with Gasteiger partial charge in [0, 0.05) is 17.8 Å². The first-order chi connectivity index (χ1) is 11.0. The van der Waals surface area contributed by atoms with Crippen LogP contribution in [0, 0.1) is 13.8 Å². The Morgan fingerprint density at radius 1 is 1.22 bits per heavy atom. The molecular weight excluding hydrogens is 290 g/mol. The van der Waals surface area contributed by atoms with Gasteiger partial charge >= 0.3 is 0 Å². The molecule has 0 aliphatic carbocycles. The van der Waals surface area contributed by atoms with Crippen molar-refractivity contribution in [3.63, 3.8) is 0 Å². The summed E-state index contributed by atoms with van der Waals surface area (Å²) in [7, 11) is 3.32. The second-order valence-electron chi connectivity index (χ2n) is 5.94. The van der Waals surface area contributed by atoms with Gasteiger partial charge in [-0.3, -0.25) is 4.98 Å². The maximum absolute atomic E-state index is 5.61. The van der Waals surface area contributed by atoms with Crippen molar-refractivity contribution in [1.82, 2.24) is 4.98 Å². The number of rotatable bonds is 7. The average molecular weight is 317 g/mol. The third-order valence-electron chi connectivity index (χ3n) is 3.99. The lowest BCUT2D eigenvalue weighted by Crippen LogP contribution is -2.17. The lowest BCUT2D eigenvalue weighted by Gasteiger charge is -2.20. The van der Waals surface area contributed by atoms with Crippen LogP contribution in [0.2, 0.25) is 0 Å². The molecule has 5 nitrogen and oxygen atoms in total. The van der Waals surface area contributed by atoms with Crippen molar-refractivity contribution < 1.29 is 9.47 Å². The minimum Gasteiger partial charge on any atom is -0.493 e. The number of ether oxygens (including phenoxy) is 2. The molecule has 23 heavy (non-hydrogen) atoms. The molecule has 0 saturated carbocycles. The normalized spacial score (nSPS) is 12.3. The van der Waals surface area contributed by atoms with Crippen LogP contribution in [0.1, 0.15) is 31.0 Å². The predicted octanol–water partition coefficient (Wildman–Crippen LogP) is 3.41. The summed E-state index contributed by atoms with van der Waals surface area (Å²) in [5.74, 6) is 1.44. The van der Waals surface area contributed by atoms with Crippen molar-refractivity contribution in [2.45, 2.75) is 39.7 Å². The van der Waals surface area contributed by atoms with Gasteiger partial charge in [0.15, 0.2) is 11.5 Å². The molecule has 1 aromatic carbocycles. The lowest BCUT2D eigenvalue weighted by molar-refractivity contribution is 0.358. The third-order valence-corrected chi connectivity index (χ3v) is 3.99. The number of benzene rings is 1. The molecule has 0 radical (unpaired) electrons. The van der Waals surface area contributed by atoms with Crippen LogP contribution in [0.25, 0.3) is 10.9 Å². The summed E-state index contributed by atoms with van der Waals surface area (Å²) in [5.41, 5.74) is 9.60. The van der Waals surface area contributed by atoms with Crippen molar-refractivity contribution in [3.05, 3.63) is 23.4 Å². The zero-order valence-electron chi connectivity index (χ0n) is 14.7. The first kappa shape index (κ1) is 17.3. The van der Waals surface area contributed by atoms with Gasteiger partial charge in [0.2, 0.25) is 0 Å². The van der Waals surface area contributed by atoms with E-state index in [1.54, 1.807) is 14.2 Å². The summed E-state index contributed by atoms with van der Waals surface area (Å²) in [5, 5.41) is 4.54. The van der Waals surface area contributed by atoms with Crippen LogP contribution in [0.3, 0.4) is 0 Å². The van der Waals surface area contributed by atoms with Crippen molar-refractivity contribution in [2.24, 2.45) is 5.73 Å². The Morgan fingerprint density at radius 3 is 2.57 bits per heavy atom. The molecule has 0 fully saturated rings. The molecule has 0 aliphatic rings. The second kappa shape index (κ2) is 7.51. The van der Waals surface area contributed by atoms with Gasteiger partial charge in [0.1, 0.15) is 0 Å². The molecule has 2 rings (SSSR count). The summed E-state index contributed by atoms with van der Waals surface area (Å²) in [6, 6.07) is 4.33. The van der Waals surface area contributed by atoms with Crippen LogP contribution < -0.4 is 20.5 Å². The smallest absolute Gasteiger partial charge is 0.170 e. The molecule has 0 amide bonds. The SMILES string of the molecule is COc1cc(NC(C)CCCN)c2nc(C)cc(C)c2c1OC. The number of methoxy groups -OCH3 is 2. The lowest BCUT2D eigenvalue weighted by atomic mass is 10.0. The number of nitrogens with one attached hydrogen (secondary N) is 1. The van der Waals surface area contributed by atoms with Crippen LogP contribution in [0.4, 0.5) is 5.69 Å². The molecule has 1 heterocycles. The molecule has 1 unspecified atom stereocenters. The van der Waals surface area contributed by atoms with Gasteiger partial charge < -0.3 is 20.5 Å². The van der Waals surface area contributed by atoms with Crippen LogP contribution >= 0.6 is 0 Å². The number of aryl methyl sites for hydroxylation is 2. The van der Waals surface area contributed by atoms with E-state index in [0.29, 0.717) is 18.3 Å². The van der Waals surface area contributed by atoms with Crippen LogP contribution in [0.15, 0.2) is 12.1 Å². The van der Waals surface area contributed by atoms with Crippen molar-refractivity contribution in [2.75, 3.05) is 26.1 Å². The van der Waals surface area contributed by atoms with Crippen molar-refractivity contribution in [3.8, 4) is 11.5 Å². The predicted molar refractivity (Wildman–Crippen MR) is 95.7 cm³/mol. The summed E-state index contributed by atoms with van der Waals surface area (Å²) >= 11 is 0. The zero-order valence-corrected chi connectivity index (χ0v) is 14.7. The highest BCUT2D eigenvalue weighted by molar-refractivity contribution is 5.99. The van der Waals surface area contributed by atoms with E-state index in [9.17, 15) is 0 Å². The first-order valence-corrected chi connectivity index (χ1v) is 8.01. The molecule has 0 saturated heterocycles. The highest BCUT2D eigenvalue weighted by Crippen LogP contribution is 2.41. The van der Waals surface area contributed by atoms with Crippen LogP contribution in [-0.4, -0.2) is 31.8 Å². The molecule has 1 atom stereocenters. The highest BCUT2D eigenvalue weighted by Gasteiger charge is 2.18. The Bertz CT molecular complexity index is 686. The van der Waals surface area contributed by atoms with E-state index < -0.39 is 0 Å². The third kappa shape index (κ3) is 3.67. The zero-order chi connectivity index (χ0) is 17.0. The molecule has 0 aliphatic heterocycles. The number of pyridine rings is 1. The van der Waals surface area contributed by atoms with Crippen molar-refractivity contribution in [1.29, 1.82) is 0 Å². The van der Waals surface area contributed by atoms with Gasteiger partial charge in [0.25, 0.3) is 0 Å². The van der Waals surface area contributed by atoms with E-state index in [-0.39, 0.29) is 0 Å². The van der Waals surface area contributed by atoms with E-state index in [1.165, 1.54) is 0 Å². The quantitative estimate of drug-likeness (QED) is 0.819. The fourth-order valence-electron chi connectivity index (χ4n) is 2.93. The Kier molecular flexibility index (Phi) is 5.66. The molecule has 1 aromatic heterocycles. The molecule has 126 valence electrons. The molecule has 3 N–H and O–H groups in total. The van der Waals surface area contributed by atoms with E-state index >= 15 is 0 Å². The van der Waals surface area contributed by atoms with E-state index in [4.69, 9.17) is 20.2 Å². The second-order valence-corrected chi connectivity index (χ2v) is 5.94. The maximum Gasteiger partial charge on any atom is 0.170 e. The first-order valence-electron chi connectivity index (χ1n) is 8.01. The standard InChI is InChI=1S/C18H27N3O2/c1-11-9-13(3)21-17-14(20-12(2)7-6-8-19)10-15(22-4)18(23-5)16(11)17/h9-10,12,20H,6-8,19H2,1-5H3. The van der Waals surface area contributed by atoms with E-state index in [0.717, 1.165) is 46.4 Å². The summed E-state index contributed by atoms with van der Waals surface area (Å²) in [6.45, 7) is 6.93. The van der Waals surface area contributed by atoms with E-state index in [2.05, 4.69) is 25.2 Å². The largest absolute Gasteiger partial charge is 0.493 e. The number of hydrogen-bond donors (Lipinski definition) is 2. The Morgan fingerprint density at radius 2 is 1.96 bits per heavy atom. The monoisotopic (exact) mass is 317 g/mol. The van der Waals surface area contributed by atoms with Gasteiger partial charge in [-0.05, 0) is 51.8 Å². The average Bonchev–Trinajstić information content (AvgIpc) is 2.52. The maximum atomic E-state index is 5.61. The van der Waals surface area contributed by atoms with Crippen LogP contribution in [-0.2, 0) is 0 Å². The van der Waals surface area contributed by atoms with Crippen molar-refractivity contribution >= 4 is 16.6 Å². The number of anilines is 1. The summed E-state index contributed by atoms with van der Waals surface area (Å²) < 4.78 is 11.1. The van der Waals surface area contributed by atoms with E-state index in [1.807, 2.05) is 13.0 Å². The number of nitrogens with two attached hydrogens (primary N) is 1. The molecular formula is C18H27N3O2. The Labute approximate surface area is 138 Å². The van der Waals surface area contributed by atoms with Gasteiger partial charge in [-0.2, -0.15) is 0 Å². The van der Waals surface area contributed by atoms with Gasteiger partial charge in [-0.25, -0.2) is 0 Å². The number of fused-ring (bicyclic) bond motifs is 1. The minimum absolute atomic E-state index is 0.308. The number of hydrogen-bond acceptors (Lipinski definition) is 5. The molecule has 5 heteroatoms. The summed E-state index contributed by atoms with van der Waals surface area (Å²) in [4.78, 5) is 4.73. The van der Waals surface area contributed by atoms with Crippen LogP contribution in [0.5, 0.6) is 11.5 Å².